The van der Waals surface area contributed by atoms with Crippen LogP contribution < -0.4 is 0 Å². The van der Waals surface area contributed by atoms with Crippen LogP contribution in [0.15, 0.2) is 24.3 Å². The molecule has 84 valence electrons. The highest BCUT2D eigenvalue weighted by Crippen LogP contribution is 2.25. The molecule has 0 aliphatic rings. The van der Waals surface area contributed by atoms with E-state index in [-0.39, 0.29) is 0 Å². The molecular formula is C13H22OSi. The van der Waals surface area contributed by atoms with Gasteiger partial charge in [0, 0.05) is 0 Å². The summed E-state index contributed by atoms with van der Waals surface area (Å²) >= 11 is 0. The lowest BCUT2D eigenvalue weighted by molar-refractivity contribution is 0.336. The van der Waals surface area contributed by atoms with Crippen molar-refractivity contribution in [3.63, 3.8) is 0 Å². The third kappa shape index (κ3) is 3.80. The van der Waals surface area contributed by atoms with E-state index in [1.54, 1.807) is 0 Å². The molecule has 1 unspecified atom stereocenters. The van der Waals surface area contributed by atoms with Crippen molar-refractivity contribution in [1.29, 1.82) is 0 Å². The highest BCUT2D eigenvalue weighted by atomic mass is 28.2. The van der Waals surface area contributed by atoms with Crippen LogP contribution in [0.25, 0.3) is 0 Å². The Morgan fingerprint density at radius 3 is 2.73 bits per heavy atom. The Morgan fingerprint density at radius 2 is 2.07 bits per heavy atom. The van der Waals surface area contributed by atoms with Crippen LogP contribution in [0.2, 0.25) is 0 Å². The summed E-state index contributed by atoms with van der Waals surface area (Å²) in [6.45, 7) is 5.36. The monoisotopic (exact) mass is 222 g/mol. The molecule has 0 aliphatic heterocycles. The van der Waals surface area contributed by atoms with Gasteiger partial charge in [-0.2, -0.15) is 0 Å². The molecule has 1 aromatic carbocycles. The van der Waals surface area contributed by atoms with Gasteiger partial charge in [-0.25, -0.2) is 0 Å². The second kappa shape index (κ2) is 6.80. The maximum atomic E-state index is 5.36. The Morgan fingerprint density at radius 1 is 1.33 bits per heavy atom. The van der Waals surface area contributed by atoms with Crippen LogP contribution in [0, 0.1) is 0 Å². The van der Waals surface area contributed by atoms with Gasteiger partial charge < -0.3 is 4.43 Å². The molecule has 15 heavy (non-hydrogen) atoms. The largest absolute Gasteiger partial charge is 0.424 e. The molecular weight excluding hydrogens is 200 g/mol. The van der Waals surface area contributed by atoms with Gasteiger partial charge >= 0.3 is 0 Å². The van der Waals surface area contributed by atoms with Crippen molar-refractivity contribution in [3.8, 4) is 0 Å². The quantitative estimate of drug-likeness (QED) is 0.673. The number of hydrogen-bond donors (Lipinski definition) is 0. The Hall–Kier alpha value is -0.603. The van der Waals surface area contributed by atoms with Crippen LogP contribution in [0.3, 0.4) is 0 Å². The lowest BCUT2D eigenvalue weighted by Gasteiger charge is -2.15. The van der Waals surface area contributed by atoms with E-state index in [4.69, 9.17) is 4.43 Å². The first-order valence-electron chi connectivity index (χ1n) is 5.86. The predicted octanol–water partition coefficient (Wildman–Crippen LogP) is 2.78. The zero-order chi connectivity index (χ0) is 11.1. The van der Waals surface area contributed by atoms with E-state index in [2.05, 4.69) is 38.1 Å². The molecule has 2 heteroatoms. The number of benzene rings is 1. The first kappa shape index (κ1) is 12.5. The third-order valence-electron chi connectivity index (χ3n) is 2.88. The second-order valence-corrected chi connectivity index (χ2v) is 4.75. The van der Waals surface area contributed by atoms with E-state index in [0.717, 1.165) is 17.1 Å². The maximum absolute atomic E-state index is 5.36. The van der Waals surface area contributed by atoms with Gasteiger partial charge in [0.25, 0.3) is 0 Å². The molecule has 0 spiro atoms. The van der Waals surface area contributed by atoms with Crippen LogP contribution in [-0.4, -0.2) is 10.5 Å². The molecule has 0 fully saturated rings. The zero-order valence-corrected chi connectivity index (χ0v) is 12.1. The molecule has 0 aromatic heterocycles. The highest BCUT2D eigenvalue weighted by Gasteiger charge is 2.08. The van der Waals surface area contributed by atoms with E-state index in [0.29, 0.717) is 5.92 Å². The molecule has 0 heterocycles. The van der Waals surface area contributed by atoms with Crippen molar-refractivity contribution in [3.05, 3.63) is 35.4 Å². The molecule has 0 saturated heterocycles. The minimum atomic E-state index is 0.665. The first-order valence-corrected chi connectivity index (χ1v) is 6.68. The summed E-state index contributed by atoms with van der Waals surface area (Å²) in [7, 11) is 0.821. The Kier molecular flexibility index (Phi) is 5.65. The average molecular weight is 222 g/mol. The van der Waals surface area contributed by atoms with Gasteiger partial charge in [-0.15, -0.1) is 0 Å². The molecule has 1 nitrogen and oxygen atoms in total. The van der Waals surface area contributed by atoms with Gasteiger partial charge in [-0.05, 0) is 23.5 Å². The summed E-state index contributed by atoms with van der Waals surface area (Å²) in [5.74, 6) is 0.665. The molecule has 1 atom stereocenters. The fourth-order valence-electron chi connectivity index (χ4n) is 1.97. The summed E-state index contributed by atoms with van der Waals surface area (Å²) in [5, 5.41) is 0. The molecule has 1 aromatic rings. The van der Waals surface area contributed by atoms with Crippen molar-refractivity contribution in [1.82, 2.24) is 0 Å². The summed E-state index contributed by atoms with van der Waals surface area (Å²) in [5.41, 5.74) is 2.85. The molecule has 0 amide bonds. The number of unbranched alkanes of at least 4 members (excludes halogenated alkanes) is 1. The summed E-state index contributed by atoms with van der Waals surface area (Å²) in [6, 6.07) is 8.67. The zero-order valence-electron chi connectivity index (χ0n) is 10.1. The highest BCUT2D eigenvalue weighted by molar-refractivity contribution is 5.97. The van der Waals surface area contributed by atoms with Gasteiger partial charge in [-0.1, -0.05) is 51.0 Å². The van der Waals surface area contributed by atoms with E-state index < -0.39 is 0 Å². The SMILES string of the molecule is CCCCC(C)c1ccccc1CO[SiH3]. The Labute approximate surface area is 96.4 Å². The van der Waals surface area contributed by atoms with E-state index in [1.807, 2.05) is 0 Å². The van der Waals surface area contributed by atoms with Crippen LogP contribution in [0.1, 0.15) is 50.2 Å². The van der Waals surface area contributed by atoms with Gasteiger partial charge in [0.2, 0.25) is 0 Å². The van der Waals surface area contributed by atoms with E-state index >= 15 is 0 Å². The summed E-state index contributed by atoms with van der Waals surface area (Å²) < 4.78 is 5.36. The van der Waals surface area contributed by atoms with Crippen LogP contribution in [-0.2, 0) is 11.0 Å². The van der Waals surface area contributed by atoms with E-state index in [1.165, 1.54) is 30.4 Å². The molecule has 0 N–H and O–H groups in total. The molecule has 1 rings (SSSR count). The Bertz CT molecular complexity index is 286. The second-order valence-electron chi connectivity index (χ2n) is 4.18. The fourth-order valence-corrected chi connectivity index (χ4v) is 2.28. The van der Waals surface area contributed by atoms with Crippen molar-refractivity contribution >= 4 is 10.5 Å². The standard InChI is InChI=1S/C13H22OSi/c1-3-4-7-11(2)13-9-6-5-8-12(13)10-14-15/h5-6,8-9,11H,3-4,7,10H2,1-2,15H3. The lowest BCUT2D eigenvalue weighted by atomic mass is 9.92. The third-order valence-corrected chi connectivity index (χ3v) is 3.17. The fraction of sp³-hybridized carbons (Fsp3) is 0.538. The van der Waals surface area contributed by atoms with Crippen molar-refractivity contribution < 1.29 is 4.43 Å². The molecule has 0 radical (unpaired) electrons. The van der Waals surface area contributed by atoms with Gasteiger partial charge in [0.15, 0.2) is 0 Å². The minimum Gasteiger partial charge on any atom is -0.424 e. The van der Waals surface area contributed by atoms with Crippen LogP contribution in [0.5, 0.6) is 0 Å². The van der Waals surface area contributed by atoms with Crippen molar-refractivity contribution in [2.24, 2.45) is 0 Å². The number of rotatable bonds is 6. The minimum absolute atomic E-state index is 0.665. The van der Waals surface area contributed by atoms with Crippen molar-refractivity contribution in [2.75, 3.05) is 0 Å². The molecule has 0 aliphatic carbocycles. The van der Waals surface area contributed by atoms with Crippen LogP contribution in [0.4, 0.5) is 0 Å². The predicted molar refractivity (Wildman–Crippen MR) is 69.1 cm³/mol. The number of hydrogen-bond acceptors (Lipinski definition) is 1. The lowest BCUT2D eigenvalue weighted by Crippen LogP contribution is -2.00. The molecule has 0 bridgehead atoms. The topological polar surface area (TPSA) is 9.23 Å². The van der Waals surface area contributed by atoms with Gasteiger partial charge in [0.1, 0.15) is 10.5 Å². The summed E-state index contributed by atoms with van der Waals surface area (Å²) in [4.78, 5) is 0. The average Bonchev–Trinajstić information content (AvgIpc) is 2.27. The van der Waals surface area contributed by atoms with Gasteiger partial charge in [-0.3, -0.25) is 0 Å². The first-order chi connectivity index (χ1) is 7.29. The Balaban J connectivity index is 2.72. The van der Waals surface area contributed by atoms with E-state index in [9.17, 15) is 0 Å². The van der Waals surface area contributed by atoms with Crippen LogP contribution >= 0.6 is 0 Å². The van der Waals surface area contributed by atoms with Crippen molar-refractivity contribution in [2.45, 2.75) is 45.6 Å². The summed E-state index contributed by atoms with van der Waals surface area (Å²) in [6.07, 6.45) is 3.88. The normalized spacial score (nSPS) is 12.9. The smallest absolute Gasteiger partial charge is 0.146 e. The maximum Gasteiger partial charge on any atom is 0.146 e. The molecule has 0 saturated carbocycles. The van der Waals surface area contributed by atoms with Gasteiger partial charge in [0.05, 0.1) is 6.61 Å².